The van der Waals surface area contributed by atoms with Crippen molar-refractivity contribution < 1.29 is 4.79 Å². The van der Waals surface area contributed by atoms with Crippen LogP contribution >= 0.6 is 12.2 Å². The molecule has 2 N–H and O–H groups in total. The minimum atomic E-state index is -0.129. The van der Waals surface area contributed by atoms with Crippen molar-refractivity contribution in [1.82, 2.24) is 24.8 Å². The number of aryl methyl sites for hydroxylation is 2. The third kappa shape index (κ3) is 5.45. The summed E-state index contributed by atoms with van der Waals surface area (Å²) in [5.41, 5.74) is 7.52. The molecule has 194 valence electrons. The first-order valence-corrected chi connectivity index (χ1v) is 13.2. The molecule has 1 aromatic carbocycles. The molecule has 1 aliphatic rings. The average Bonchev–Trinajstić information content (AvgIpc) is 3.40. The number of benzene rings is 1. The lowest BCUT2D eigenvalue weighted by molar-refractivity contribution is -0.116. The predicted molar refractivity (Wildman–Crippen MR) is 154 cm³/mol. The molecule has 7 nitrogen and oxygen atoms in total. The normalized spacial score (nSPS) is 16.9. The Morgan fingerprint density at radius 2 is 1.87 bits per heavy atom. The van der Waals surface area contributed by atoms with Crippen LogP contribution in [-0.4, -0.2) is 37.0 Å². The molecule has 38 heavy (non-hydrogen) atoms. The maximum absolute atomic E-state index is 12.9. The van der Waals surface area contributed by atoms with Gasteiger partial charge in [0.05, 0.1) is 17.8 Å². The summed E-state index contributed by atoms with van der Waals surface area (Å²) in [6, 6.07) is 19.8. The van der Waals surface area contributed by atoms with E-state index in [9.17, 15) is 4.79 Å². The van der Waals surface area contributed by atoms with Crippen LogP contribution in [-0.2, 0) is 11.3 Å². The van der Waals surface area contributed by atoms with Gasteiger partial charge in [-0.15, -0.1) is 0 Å². The van der Waals surface area contributed by atoms with Gasteiger partial charge in [-0.3, -0.25) is 14.8 Å². The fourth-order valence-corrected chi connectivity index (χ4v) is 5.44. The van der Waals surface area contributed by atoms with Gasteiger partial charge in [0.1, 0.15) is 0 Å². The number of carbonyl (C=O) groups is 1. The molecule has 1 fully saturated rings. The van der Waals surface area contributed by atoms with Gasteiger partial charge in [-0.05, 0) is 80.5 Å². The molecule has 0 spiro atoms. The lowest BCUT2D eigenvalue weighted by Crippen LogP contribution is -2.33. The molecule has 4 heterocycles. The number of thiocarbonyl (C=S) groups is 1. The number of pyridine rings is 2. The van der Waals surface area contributed by atoms with Crippen LogP contribution in [0.4, 0.5) is 5.69 Å². The summed E-state index contributed by atoms with van der Waals surface area (Å²) in [6.45, 7) is 7.53. The van der Waals surface area contributed by atoms with Crippen LogP contribution in [0, 0.1) is 20.8 Å². The topological polar surface area (TPSA) is 75.1 Å². The Bertz CT molecular complexity index is 1420. The van der Waals surface area contributed by atoms with E-state index in [4.69, 9.17) is 12.2 Å². The van der Waals surface area contributed by atoms with Crippen LogP contribution in [0.15, 0.2) is 79.3 Å². The zero-order chi connectivity index (χ0) is 26.6. The van der Waals surface area contributed by atoms with E-state index in [1.807, 2.05) is 61.7 Å². The van der Waals surface area contributed by atoms with E-state index in [2.05, 4.69) is 56.0 Å². The third-order valence-corrected chi connectivity index (χ3v) is 7.46. The highest BCUT2D eigenvalue weighted by Gasteiger charge is 2.41. The average molecular weight is 525 g/mol. The van der Waals surface area contributed by atoms with E-state index in [0.29, 0.717) is 18.1 Å². The first-order valence-electron chi connectivity index (χ1n) is 12.8. The van der Waals surface area contributed by atoms with E-state index < -0.39 is 0 Å². The number of anilines is 1. The summed E-state index contributed by atoms with van der Waals surface area (Å²) in [4.78, 5) is 23.9. The largest absolute Gasteiger partial charge is 0.352 e. The summed E-state index contributed by atoms with van der Waals surface area (Å²) in [5.74, 6) is -0.0428. The van der Waals surface area contributed by atoms with Gasteiger partial charge in [0, 0.05) is 55.2 Å². The number of aromatic nitrogens is 3. The molecule has 4 aromatic rings. The summed E-state index contributed by atoms with van der Waals surface area (Å²) in [6.07, 6.45) is 5.82. The van der Waals surface area contributed by atoms with Crippen molar-refractivity contribution in [3.63, 3.8) is 0 Å². The van der Waals surface area contributed by atoms with Crippen molar-refractivity contribution in [3.05, 3.63) is 113 Å². The van der Waals surface area contributed by atoms with Gasteiger partial charge in [0.15, 0.2) is 5.11 Å². The molecule has 5 rings (SSSR count). The second-order valence-corrected chi connectivity index (χ2v) is 10.1. The van der Waals surface area contributed by atoms with Gasteiger partial charge < -0.3 is 20.1 Å². The molecule has 1 aliphatic heterocycles. The molecular formula is C30H32N6OS. The maximum Gasteiger partial charge on any atom is 0.226 e. The Morgan fingerprint density at radius 1 is 1.05 bits per heavy atom. The van der Waals surface area contributed by atoms with Gasteiger partial charge in [-0.25, -0.2) is 0 Å². The monoisotopic (exact) mass is 524 g/mol. The maximum atomic E-state index is 12.9. The quantitative estimate of drug-likeness (QED) is 0.307. The Morgan fingerprint density at radius 3 is 2.58 bits per heavy atom. The summed E-state index contributed by atoms with van der Waals surface area (Å²) in [7, 11) is 0. The van der Waals surface area contributed by atoms with Gasteiger partial charge in [-0.1, -0.05) is 29.8 Å². The van der Waals surface area contributed by atoms with Crippen molar-refractivity contribution in [3.8, 4) is 0 Å². The van der Waals surface area contributed by atoms with E-state index in [1.165, 1.54) is 5.56 Å². The molecule has 3 aromatic heterocycles. The first-order chi connectivity index (χ1) is 18.4. The summed E-state index contributed by atoms with van der Waals surface area (Å²) in [5, 5.41) is 7.13. The van der Waals surface area contributed by atoms with Crippen molar-refractivity contribution in [2.24, 2.45) is 0 Å². The Kier molecular flexibility index (Phi) is 7.51. The lowest BCUT2D eigenvalue weighted by atomic mass is 9.96. The molecule has 0 aliphatic carbocycles. The highest BCUT2D eigenvalue weighted by atomic mass is 32.1. The second-order valence-electron chi connectivity index (χ2n) is 9.76. The van der Waals surface area contributed by atoms with Crippen LogP contribution in [0.2, 0.25) is 0 Å². The van der Waals surface area contributed by atoms with Gasteiger partial charge in [-0.2, -0.15) is 0 Å². The van der Waals surface area contributed by atoms with E-state index in [-0.39, 0.29) is 18.0 Å². The smallest absolute Gasteiger partial charge is 0.226 e. The summed E-state index contributed by atoms with van der Waals surface area (Å²) >= 11 is 5.82. The third-order valence-electron chi connectivity index (χ3n) is 7.11. The van der Waals surface area contributed by atoms with E-state index in [1.54, 1.807) is 12.4 Å². The highest BCUT2D eigenvalue weighted by molar-refractivity contribution is 7.80. The number of amides is 1. The number of rotatable bonds is 8. The number of hydrogen-bond donors (Lipinski definition) is 2. The van der Waals surface area contributed by atoms with Crippen LogP contribution in [0.3, 0.4) is 0 Å². The highest BCUT2D eigenvalue weighted by Crippen LogP contribution is 2.41. The molecular weight excluding hydrogens is 492 g/mol. The number of hydrogen-bond acceptors (Lipinski definition) is 4. The zero-order valence-corrected chi connectivity index (χ0v) is 22.7. The summed E-state index contributed by atoms with van der Waals surface area (Å²) < 4.78 is 2.31. The molecule has 0 radical (unpaired) electrons. The van der Waals surface area contributed by atoms with Crippen molar-refractivity contribution in [2.75, 3.05) is 11.9 Å². The fraction of sp³-hybridized carbons (Fsp3) is 0.267. The SMILES string of the molecule is Cc1ccc(NC(=O)CCN2C(=S)N[C@H](c3ccccn3)[C@@H]2c2cc(C)n(Cc3cccnc3)c2C)cc1. The van der Waals surface area contributed by atoms with Gasteiger partial charge in [0.2, 0.25) is 5.91 Å². The Hall–Kier alpha value is -4.04. The van der Waals surface area contributed by atoms with Crippen molar-refractivity contribution in [1.29, 1.82) is 0 Å². The van der Waals surface area contributed by atoms with Crippen molar-refractivity contribution in [2.45, 2.75) is 45.8 Å². The van der Waals surface area contributed by atoms with Gasteiger partial charge >= 0.3 is 0 Å². The second kappa shape index (κ2) is 11.1. The number of nitrogens with zero attached hydrogens (tertiary/aromatic N) is 4. The molecule has 1 saturated heterocycles. The number of carbonyl (C=O) groups excluding carboxylic acids is 1. The van der Waals surface area contributed by atoms with Crippen LogP contribution in [0.25, 0.3) is 0 Å². The van der Waals surface area contributed by atoms with E-state index >= 15 is 0 Å². The minimum Gasteiger partial charge on any atom is -0.352 e. The zero-order valence-electron chi connectivity index (χ0n) is 21.9. The van der Waals surface area contributed by atoms with E-state index in [0.717, 1.165) is 40.4 Å². The standard InChI is InChI=1S/C30H32N6OS/c1-20-9-11-24(12-10-20)33-27(37)13-16-35-29(28(34-30(35)38)26-8-4-5-15-32-26)25-17-21(2)36(22(25)3)19-23-7-6-14-31-18-23/h4-12,14-15,17-18,28-29H,13,16,19H2,1-3H3,(H,33,37)(H,34,38)/t28-,29+/m1/s1. The first kappa shape index (κ1) is 25.6. The van der Waals surface area contributed by atoms with Crippen molar-refractivity contribution >= 4 is 28.9 Å². The number of nitrogens with one attached hydrogen (secondary N) is 2. The molecule has 0 unspecified atom stereocenters. The Balaban J connectivity index is 1.42. The predicted octanol–water partition coefficient (Wildman–Crippen LogP) is 5.25. The van der Waals surface area contributed by atoms with Crippen LogP contribution < -0.4 is 10.6 Å². The lowest BCUT2D eigenvalue weighted by Gasteiger charge is -2.28. The molecule has 0 saturated carbocycles. The fourth-order valence-electron chi connectivity index (χ4n) is 5.11. The molecule has 1 amide bonds. The molecule has 0 bridgehead atoms. The van der Waals surface area contributed by atoms with Crippen LogP contribution in [0.5, 0.6) is 0 Å². The molecule has 2 atom stereocenters. The van der Waals surface area contributed by atoms with Crippen LogP contribution in [0.1, 0.15) is 52.3 Å². The minimum absolute atomic E-state index is 0.0428. The molecule has 8 heteroatoms. The van der Waals surface area contributed by atoms with Gasteiger partial charge in [0.25, 0.3) is 0 Å². The Labute approximate surface area is 228 Å².